The summed E-state index contributed by atoms with van der Waals surface area (Å²) in [4.78, 5) is 20.4. The molecule has 1 aliphatic rings. The second-order valence-electron chi connectivity index (χ2n) is 5.86. The summed E-state index contributed by atoms with van der Waals surface area (Å²) in [5, 5.41) is 0. The normalized spacial score (nSPS) is 15.8. The van der Waals surface area contributed by atoms with E-state index in [0.29, 0.717) is 17.0 Å². The molecule has 4 heteroatoms. The van der Waals surface area contributed by atoms with E-state index in [0.717, 1.165) is 16.8 Å². The number of nitrogens with zero attached hydrogens (tertiary/aromatic N) is 2. The fourth-order valence-electron chi connectivity index (χ4n) is 2.99. The van der Waals surface area contributed by atoms with Crippen LogP contribution in [0.15, 0.2) is 66.9 Å². The smallest absolute Gasteiger partial charge is 0.187 e. The van der Waals surface area contributed by atoms with E-state index in [1.54, 1.807) is 12.3 Å². The van der Waals surface area contributed by atoms with Crippen molar-refractivity contribution in [3.8, 4) is 16.9 Å². The van der Waals surface area contributed by atoms with E-state index in [-0.39, 0.29) is 18.3 Å². The highest BCUT2D eigenvalue weighted by Crippen LogP contribution is 2.37. The molecule has 0 saturated heterocycles. The third-order valence-electron chi connectivity index (χ3n) is 4.25. The number of hydrogen-bond acceptors (Lipinski definition) is 3. The van der Waals surface area contributed by atoms with Crippen molar-refractivity contribution in [3.05, 3.63) is 89.5 Å². The zero-order valence-electron chi connectivity index (χ0n) is 13.3. The van der Waals surface area contributed by atoms with Crippen LogP contribution in [0.3, 0.4) is 0 Å². The lowest BCUT2D eigenvalue weighted by Gasteiger charge is -2.25. The Balaban J connectivity index is 1.69. The van der Waals surface area contributed by atoms with Crippen LogP contribution < -0.4 is 4.74 Å². The van der Waals surface area contributed by atoms with Gasteiger partial charge in [-0.25, -0.2) is 4.85 Å². The van der Waals surface area contributed by atoms with Crippen molar-refractivity contribution in [1.29, 1.82) is 0 Å². The fourth-order valence-corrected chi connectivity index (χ4v) is 2.99. The predicted molar refractivity (Wildman–Crippen MR) is 94.7 cm³/mol. The van der Waals surface area contributed by atoms with Gasteiger partial charge in [-0.1, -0.05) is 30.3 Å². The van der Waals surface area contributed by atoms with Crippen LogP contribution >= 0.6 is 0 Å². The molecular weight excluding hydrogens is 312 g/mol. The van der Waals surface area contributed by atoms with Gasteiger partial charge in [0.25, 0.3) is 0 Å². The molecule has 0 fully saturated rings. The topological polar surface area (TPSA) is 43.5 Å². The van der Waals surface area contributed by atoms with Crippen molar-refractivity contribution in [2.24, 2.45) is 0 Å². The highest BCUT2D eigenvalue weighted by atomic mass is 16.5. The minimum atomic E-state index is -0.350. The average molecular weight is 326 g/mol. The molecule has 1 unspecified atom stereocenters. The molecule has 0 radical (unpaired) electrons. The Morgan fingerprint density at radius 3 is 2.72 bits per heavy atom. The van der Waals surface area contributed by atoms with Crippen LogP contribution in [0.25, 0.3) is 16.0 Å². The molecule has 1 aromatic heterocycles. The summed E-state index contributed by atoms with van der Waals surface area (Å²) in [7, 11) is 0. The van der Waals surface area contributed by atoms with E-state index in [1.165, 1.54) is 0 Å². The molecule has 0 aliphatic carbocycles. The van der Waals surface area contributed by atoms with Gasteiger partial charge >= 0.3 is 0 Å². The zero-order valence-corrected chi connectivity index (χ0v) is 13.3. The van der Waals surface area contributed by atoms with E-state index in [2.05, 4.69) is 9.83 Å². The van der Waals surface area contributed by atoms with Crippen molar-refractivity contribution in [3.63, 3.8) is 0 Å². The molecule has 0 bridgehead atoms. The van der Waals surface area contributed by atoms with Crippen molar-refractivity contribution >= 4 is 11.5 Å². The summed E-state index contributed by atoms with van der Waals surface area (Å²) in [6.45, 7) is 7.14. The van der Waals surface area contributed by atoms with E-state index in [9.17, 15) is 4.79 Å². The third-order valence-corrected chi connectivity index (χ3v) is 4.25. The number of carbonyl (C=O) groups excluding carboxylic acids is 1. The van der Waals surface area contributed by atoms with Gasteiger partial charge in [-0.15, -0.1) is 0 Å². The fraction of sp³-hybridized carbons (Fsp3) is 0.0952. The number of hydrogen-bond donors (Lipinski definition) is 0. The Bertz CT molecular complexity index is 990. The molecule has 25 heavy (non-hydrogen) atoms. The van der Waals surface area contributed by atoms with E-state index in [4.69, 9.17) is 11.3 Å². The number of ketones is 1. The maximum absolute atomic E-state index is 12.6. The van der Waals surface area contributed by atoms with Crippen molar-refractivity contribution in [1.82, 2.24) is 4.98 Å². The molecule has 1 aliphatic heterocycles. The van der Waals surface area contributed by atoms with Crippen LogP contribution in [-0.4, -0.2) is 10.8 Å². The first-order valence-corrected chi connectivity index (χ1v) is 7.97. The minimum absolute atomic E-state index is 0.0417. The van der Waals surface area contributed by atoms with Gasteiger partial charge in [0.1, 0.15) is 11.9 Å². The van der Waals surface area contributed by atoms with Crippen LogP contribution in [0.2, 0.25) is 0 Å². The number of benzene rings is 2. The Hall–Kier alpha value is -3.45. The third kappa shape index (κ3) is 2.88. The Labute approximate surface area is 145 Å². The van der Waals surface area contributed by atoms with E-state index < -0.39 is 0 Å². The van der Waals surface area contributed by atoms with Gasteiger partial charge in [0, 0.05) is 6.20 Å². The quantitative estimate of drug-likeness (QED) is 0.622. The molecule has 4 rings (SSSR count). The maximum Gasteiger partial charge on any atom is 0.187 e. The van der Waals surface area contributed by atoms with Gasteiger partial charge in [-0.3, -0.25) is 9.78 Å². The first-order chi connectivity index (χ1) is 12.2. The van der Waals surface area contributed by atoms with Gasteiger partial charge in [0.2, 0.25) is 0 Å². The van der Waals surface area contributed by atoms with Gasteiger partial charge in [-0.05, 0) is 41.5 Å². The van der Waals surface area contributed by atoms with Crippen LogP contribution in [0.4, 0.5) is 5.69 Å². The van der Waals surface area contributed by atoms with Gasteiger partial charge in [0.05, 0.1) is 24.3 Å². The average Bonchev–Trinajstić information content (AvgIpc) is 2.68. The second-order valence-corrected chi connectivity index (χ2v) is 5.86. The maximum atomic E-state index is 12.6. The van der Waals surface area contributed by atoms with Crippen LogP contribution in [0.1, 0.15) is 28.6 Å². The molecule has 0 amide bonds. The summed E-state index contributed by atoms with van der Waals surface area (Å²) in [6.07, 6.45) is 1.62. The van der Waals surface area contributed by atoms with Gasteiger partial charge in [0.15, 0.2) is 11.5 Å². The van der Waals surface area contributed by atoms with Crippen molar-refractivity contribution in [2.45, 2.75) is 12.5 Å². The second kappa shape index (κ2) is 6.21. The van der Waals surface area contributed by atoms with Crippen LogP contribution in [0, 0.1) is 6.57 Å². The number of pyridine rings is 1. The first kappa shape index (κ1) is 15.1. The molecular formula is C21H14N2O2. The molecule has 0 saturated carbocycles. The molecule has 1 atom stereocenters. The Kier molecular flexibility index (Phi) is 3.75. The summed E-state index contributed by atoms with van der Waals surface area (Å²) in [6, 6.07) is 18.5. The molecule has 3 aromatic rings. The van der Waals surface area contributed by atoms with Crippen LogP contribution in [-0.2, 0) is 0 Å². The highest BCUT2D eigenvalue weighted by Gasteiger charge is 2.28. The number of carbonyl (C=O) groups is 1. The zero-order chi connectivity index (χ0) is 17.2. The number of fused-ring (bicyclic) bond motifs is 1. The largest absolute Gasteiger partial charge is 0.483 e. The first-order valence-electron chi connectivity index (χ1n) is 7.97. The van der Waals surface area contributed by atoms with E-state index >= 15 is 0 Å². The summed E-state index contributed by atoms with van der Waals surface area (Å²) in [5.41, 5.74) is 3.73. The van der Waals surface area contributed by atoms with Gasteiger partial charge in [-0.2, -0.15) is 0 Å². The summed E-state index contributed by atoms with van der Waals surface area (Å²) < 4.78 is 5.99. The molecule has 120 valence electrons. The van der Waals surface area contributed by atoms with Gasteiger partial charge < -0.3 is 4.74 Å². The minimum Gasteiger partial charge on any atom is -0.483 e. The molecule has 2 aromatic carbocycles. The van der Waals surface area contributed by atoms with Crippen LogP contribution in [0.5, 0.6) is 5.75 Å². The molecule has 4 nitrogen and oxygen atoms in total. The summed E-state index contributed by atoms with van der Waals surface area (Å²) in [5.74, 6) is 0.622. The lowest BCUT2D eigenvalue weighted by atomic mass is 9.95. The lowest BCUT2D eigenvalue weighted by Crippen LogP contribution is -2.21. The van der Waals surface area contributed by atoms with Crippen molar-refractivity contribution in [2.75, 3.05) is 0 Å². The standard InChI is InChI=1S/C21H14N2O2/c1-22-16-6-4-5-14(11-16)15-8-9-20-17(12-15)19(24)13-21(25-20)18-7-2-3-10-23-18/h2-12,21H,13H2. The Morgan fingerprint density at radius 1 is 1.04 bits per heavy atom. The molecule has 2 heterocycles. The summed E-state index contributed by atoms with van der Waals surface area (Å²) >= 11 is 0. The van der Waals surface area contributed by atoms with E-state index in [1.807, 2.05) is 54.6 Å². The lowest BCUT2D eigenvalue weighted by molar-refractivity contribution is 0.0845. The number of aromatic nitrogens is 1. The SMILES string of the molecule is [C-]#[N+]c1cccc(-c2ccc3c(c2)C(=O)CC(c2ccccn2)O3)c1. The molecule has 0 N–H and O–H groups in total. The number of rotatable bonds is 2. The Morgan fingerprint density at radius 2 is 1.92 bits per heavy atom. The van der Waals surface area contributed by atoms with Crippen molar-refractivity contribution < 1.29 is 9.53 Å². The number of Topliss-reactive ketones (excluding diaryl/α,β-unsaturated/α-hetero) is 1. The highest BCUT2D eigenvalue weighted by molar-refractivity contribution is 6.01. The monoisotopic (exact) mass is 326 g/mol. The number of ether oxygens (including phenoxy) is 1. The predicted octanol–water partition coefficient (Wildman–Crippen LogP) is 5.01. The molecule has 0 spiro atoms.